The number of amides is 1. The summed E-state index contributed by atoms with van der Waals surface area (Å²) in [6.07, 6.45) is -4.44. The van der Waals surface area contributed by atoms with Crippen LogP contribution < -0.4 is 5.32 Å². The van der Waals surface area contributed by atoms with Gasteiger partial charge in [-0.05, 0) is 31.2 Å². The predicted octanol–water partition coefficient (Wildman–Crippen LogP) is 2.00. The molecule has 0 unspecified atom stereocenters. The molecule has 0 saturated heterocycles. The average molecular weight is 275 g/mol. The molecule has 1 aromatic rings. The quantitative estimate of drug-likeness (QED) is 0.855. The fraction of sp³-hybridized carbons (Fsp3) is 0.333. The molecule has 1 rings (SSSR count). The monoisotopic (exact) mass is 275 g/mol. The maximum Gasteiger partial charge on any atom is 0.416 e. The molecule has 104 valence electrons. The van der Waals surface area contributed by atoms with Gasteiger partial charge in [0.05, 0.1) is 12.2 Å². The summed E-state index contributed by atoms with van der Waals surface area (Å²) in [6, 6.07) is 3.70. The van der Waals surface area contributed by atoms with Gasteiger partial charge in [0.25, 0.3) is 5.91 Å². The van der Waals surface area contributed by atoms with Crippen LogP contribution in [0.25, 0.3) is 0 Å². The highest BCUT2D eigenvalue weighted by Crippen LogP contribution is 2.28. The number of alkyl halides is 3. The zero-order valence-corrected chi connectivity index (χ0v) is 10.1. The van der Waals surface area contributed by atoms with Gasteiger partial charge in [0.2, 0.25) is 0 Å². The largest absolute Gasteiger partial charge is 0.465 e. The first-order valence-electron chi connectivity index (χ1n) is 5.45. The first-order valence-corrected chi connectivity index (χ1v) is 5.45. The van der Waals surface area contributed by atoms with Crippen LogP contribution >= 0.6 is 0 Å². The van der Waals surface area contributed by atoms with Crippen molar-refractivity contribution >= 4 is 11.9 Å². The Kier molecular flexibility index (Phi) is 4.91. The second-order valence-corrected chi connectivity index (χ2v) is 3.56. The predicted molar refractivity (Wildman–Crippen MR) is 60.4 cm³/mol. The minimum absolute atomic E-state index is 0.0392. The van der Waals surface area contributed by atoms with E-state index in [1.54, 1.807) is 6.92 Å². The van der Waals surface area contributed by atoms with E-state index in [0.717, 1.165) is 24.3 Å². The van der Waals surface area contributed by atoms with Crippen LogP contribution in [0.15, 0.2) is 24.3 Å². The molecule has 4 nitrogen and oxygen atoms in total. The highest BCUT2D eigenvalue weighted by Gasteiger charge is 2.30. The van der Waals surface area contributed by atoms with Crippen LogP contribution in [-0.2, 0) is 15.7 Å². The van der Waals surface area contributed by atoms with Gasteiger partial charge >= 0.3 is 12.1 Å². The molecule has 0 atom stereocenters. The molecule has 7 heteroatoms. The number of carbonyl (C=O) groups is 2. The number of halogens is 3. The van der Waals surface area contributed by atoms with E-state index in [0.29, 0.717) is 0 Å². The highest BCUT2D eigenvalue weighted by atomic mass is 19.4. The van der Waals surface area contributed by atoms with Crippen LogP contribution in [-0.4, -0.2) is 25.0 Å². The van der Waals surface area contributed by atoms with Crippen molar-refractivity contribution in [3.8, 4) is 0 Å². The molecule has 0 saturated carbocycles. The minimum Gasteiger partial charge on any atom is -0.465 e. The van der Waals surface area contributed by atoms with Crippen molar-refractivity contribution in [1.82, 2.24) is 5.32 Å². The lowest BCUT2D eigenvalue weighted by Crippen LogP contribution is -2.30. The summed E-state index contributed by atoms with van der Waals surface area (Å²) in [7, 11) is 0. The number of hydrogen-bond donors (Lipinski definition) is 1. The Balaban J connectivity index is 2.61. The summed E-state index contributed by atoms with van der Waals surface area (Å²) in [5, 5.41) is 2.25. The molecule has 0 heterocycles. The van der Waals surface area contributed by atoms with E-state index in [4.69, 9.17) is 0 Å². The van der Waals surface area contributed by atoms with Gasteiger partial charge in [-0.3, -0.25) is 9.59 Å². The summed E-state index contributed by atoms with van der Waals surface area (Å²) in [6.45, 7) is 1.48. The van der Waals surface area contributed by atoms with E-state index in [2.05, 4.69) is 10.1 Å². The first-order chi connectivity index (χ1) is 8.84. The molecule has 0 aromatic heterocycles. The second-order valence-electron chi connectivity index (χ2n) is 3.56. The summed E-state index contributed by atoms with van der Waals surface area (Å²) in [5.41, 5.74) is -0.799. The summed E-state index contributed by atoms with van der Waals surface area (Å²) < 4.78 is 41.5. The molecule has 1 amide bonds. The van der Waals surface area contributed by atoms with E-state index < -0.39 is 23.6 Å². The third-order valence-corrected chi connectivity index (χ3v) is 2.17. The van der Waals surface area contributed by atoms with E-state index in [9.17, 15) is 22.8 Å². The molecular formula is C12H12F3NO3. The van der Waals surface area contributed by atoms with Gasteiger partial charge in [0, 0.05) is 5.56 Å². The lowest BCUT2D eigenvalue weighted by atomic mass is 10.1. The van der Waals surface area contributed by atoms with Crippen LogP contribution in [0.5, 0.6) is 0 Å². The molecule has 0 spiro atoms. The van der Waals surface area contributed by atoms with Crippen molar-refractivity contribution in [2.24, 2.45) is 0 Å². The third kappa shape index (κ3) is 4.61. The van der Waals surface area contributed by atoms with Gasteiger partial charge in [-0.15, -0.1) is 0 Å². The molecule has 0 bridgehead atoms. The van der Waals surface area contributed by atoms with Gasteiger partial charge in [0.1, 0.15) is 6.54 Å². The lowest BCUT2D eigenvalue weighted by Gasteiger charge is -2.08. The minimum atomic E-state index is -4.44. The van der Waals surface area contributed by atoms with Crippen molar-refractivity contribution in [2.75, 3.05) is 13.2 Å². The maximum atomic E-state index is 12.3. The fourth-order valence-electron chi connectivity index (χ4n) is 1.28. The van der Waals surface area contributed by atoms with Gasteiger partial charge in [-0.2, -0.15) is 13.2 Å². The Morgan fingerprint density at radius 3 is 2.26 bits per heavy atom. The molecule has 0 aliphatic heterocycles. The van der Waals surface area contributed by atoms with Crippen molar-refractivity contribution in [1.29, 1.82) is 0 Å². The van der Waals surface area contributed by atoms with Gasteiger partial charge in [0.15, 0.2) is 0 Å². The van der Waals surface area contributed by atoms with Crippen LogP contribution in [0.2, 0.25) is 0 Å². The number of rotatable bonds is 4. The molecule has 0 aliphatic carbocycles. The molecule has 1 N–H and O–H groups in total. The highest BCUT2D eigenvalue weighted by molar-refractivity contribution is 5.95. The Morgan fingerprint density at radius 1 is 1.21 bits per heavy atom. The number of carbonyl (C=O) groups excluding carboxylic acids is 2. The van der Waals surface area contributed by atoms with Crippen molar-refractivity contribution in [3.63, 3.8) is 0 Å². The molecule has 19 heavy (non-hydrogen) atoms. The van der Waals surface area contributed by atoms with Crippen molar-refractivity contribution in [3.05, 3.63) is 35.4 Å². The SMILES string of the molecule is CCOC(=O)CNC(=O)c1ccc(C(F)(F)F)cc1. The van der Waals surface area contributed by atoms with Crippen LogP contribution in [0.1, 0.15) is 22.8 Å². The van der Waals surface area contributed by atoms with E-state index in [1.165, 1.54) is 0 Å². The Bertz CT molecular complexity index is 454. The van der Waals surface area contributed by atoms with Crippen molar-refractivity contribution < 1.29 is 27.5 Å². The first kappa shape index (κ1) is 15.0. The Labute approximate surface area is 107 Å². The van der Waals surface area contributed by atoms with Crippen LogP contribution in [0, 0.1) is 0 Å². The molecular weight excluding hydrogens is 263 g/mol. The number of nitrogens with one attached hydrogen (secondary N) is 1. The Hall–Kier alpha value is -2.05. The van der Waals surface area contributed by atoms with Crippen molar-refractivity contribution in [2.45, 2.75) is 13.1 Å². The lowest BCUT2D eigenvalue weighted by molar-refractivity contribution is -0.141. The van der Waals surface area contributed by atoms with Gasteiger partial charge in [-0.25, -0.2) is 0 Å². The van der Waals surface area contributed by atoms with E-state index >= 15 is 0 Å². The standard InChI is InChI=1S/C12H12F3NO3/c1-2-19-10(17)7-16-11(18)8-3-5-9(6-4-8)12(13,14)15/h3-6H,2,7H2,1H3,(H,16,18). The zero-order chi connectivity index (χ0) is 14.5. The van der Waals surface area contributed by atoms with Gasteiger partial charge in [-0.1, -0.05) is 0 Å². The molecule has 0 radical (unpaired) electrons. The zero-order valence-electron chi connectivity index (χ0n) is 10.1. The summed E-state index contributed by atoms with van der Waals surface area (Å²) in [5.74, 6) is -1.25. The number of esters is 1. The normalized spacial score (nSPS) is 10.9. The van der Waals surface area contributed by atoms with Crippen LogP contribution in [0.3, 0.4) is 0 Å². The summed E-state index contributed by atoms with van der Waals surface area (Å²) in [4.78, 5) is 22.5. The topological polar surface area (TPSA) is 55.4 Å². The third-order valence-electron chi connectivity index (χ3n) is 2.17. The molecule has 0 aliphatic rings. The van der Waals surface area contributed by atoms with E-state index in [-0.39, 0.29) is 18.7 Å². The fourth-order valence-corrected chi connectivity index (χ4v) is 1.28. The smallest absolute Gasteiger partial charge is 0.416 e. The average Bonchev–Trinajstić information content (AvgIpc) is 2.35. The summed E-state index contributed by atoms with van der Waals surface area (Å²) >= 11 is 0. The molecule has 0 fully saturated rings. The Morgan fingerprint density at radius 2 is 1.79 bits per heavy atom. The molecule has 1 aromatic carbocycles. The van der Waals surface area contributed by atoms with E-state index in [1.807, 2.05) is 0 Å². The number of hydrogen-bond acceptors (Lipinski definition) is 3. The second kappa shape index (κ2) is 6.21. The van der Waals surface area contributed by atoms with Gasteiger partial charge < -0.3 is 10.1 Å². The van der Waals surface area contributed by atoms with Crippen LogP contribution in [0.4, 0.5) is 13.2 Å². The maximum absolute atomic E-state index is 12.3. The number of benzene rings is 1. The number of ether oxygens (including phenoxy) is 1.